The van der Waals surface area contributed by atoms with Crippen molar-refractivity contribution in [3.8, 4) is 16.9 Å². The summed E-state index contributed by atoms with van der Waals surface area (Å²) in [5.74, 6) is 1.40. The standard InChI is InChI=1S/C27H24Cl2N4O3S/c28-20-7-12-24(29)23(16-20)17-3-1-4-19(15-17)27(25-31-13-2-14-33(25)26(30)32-27)18-5-8-21(9-6-18)36-37(34,35)22-10-11-22/h1,3-9,12,15-16,22H,2,10-11,13-14H2,(H2,30,32). The number of guanidine groups is 1. The molecule has 37 heavy (non-hydrogen) atoms. The average Bonchev–Trinajstić information content (AvgIpc) is 3.72. The van der Waals surface area contributed by atoms with Crippen molar-refractivity contribution in [3.63, 3.8) is 0 Å². The number of hydrogen-bond acceptors (Lipinski definition) is 7. The van der Waals surface area contributed by atoms with Gasteiger partial charge in [-0.3, -0.25) is 9.89 Å². The van der Waals surface area contributed by atoms with Crippen LogP contribution in [-0.4, -0.2) is 43.5 Å². The minimum absolute atomic E-state index is 0.266. The van der Waals surface area contributed by atoms with Crippen molar-refractivity contribution in [1.29, 1.82) is 0 Å². The van der Waals surface area contributed by atoms with Crippen LogP contribution in [0.15, 0.2) is 76.7 Å². The van der Waals surface area contributed by atoms with Crippen LogP contribution in [0.5, 0.6) is 5.75 Å². The molecule has 2 aliphatic heterocycles. The van der Waals surface area contributed by atoms with Gasteiger partial charge in [0.25, 0.3) is 0 Å². The third-order valence-electron chi connectivity index (χ3n) is 6.88. The van der Waals surface area contributed by atoms with Crippen molar-refractivity contribution >= 4 is 45.1 Å². The lowest BCUT2D eigenvalue weighted by Gasteiger charge is -2.33. The van der Waals surface area contributed by atoms with Crippen LogP contribution in [0.2, 0.25) is 10.0 Å². The van der Waals surface area contributed by atoms with Crippen LogP contribution in [0.4, 0.5) is 0 Å². The Labute approximate surface area is 225 Å². The molecule has 3 aromatic rings. The summed E-state index contributed by atoms with van der Waals surface area (Å²) < 4.78 is 30.0. The maximum Gasteiger partial charge on any atom is 0.312 e. The van der Waals surface area contributed by atoms with Crippen molar-refractivity contribution in [3.05, 3.63) is 87.9 Å². The molecule has 2 N–H and O–H groups in total. The molecule has 0 spiro atoms. The number of benzene rings is 3. The Kier molecular flexibility index (Phi) is 5.93. The molecule has 3 aromatic carbocycles. The van der Waals surface area contributed by atoms with Gasteiger partial charge < -0.3 is 9.92 Å². The van der Waals surface area contributed by atoms with E-state index in [1.807, 2.05) is 47.4 Å². The topological polar surface area (TPSA) is 97.3 Å². The number of hydrogen-bond donors (Lipinski definition) is 1. The van der Waals surface area contributed by atoms with Crippen molar-refractivity contribution in [2.24, 2.45) is 15.7 Å². The molecule has 0 aromatic heterocycles. The van der Waals surface area contributed by atoms with Gasteiger partial charge in [-0.1, -0.05) is 53.5 Å². The number of nitrogens with zero attached hydrogens (tertiary/aromatic N) is 3. The Hall–Kier alpha value is -3.07. The maximum absolute atomic E-state index is 12.3. The lowest BCUT2D eigenvalue weighted by Crippen LogP contribution is -2.46. The lowest BCUT2D eigenvalue weighted by molar-refractivity contribution is 0.484. The SMILES string of the molecule is NC1=NC(c2ccc(OS(=O)(=O)C3CC3)cc2)(c2cccc(-c3cc(Cl)ccc3Cl)c2)C2=NCCCN12. The molecule has 2 heterocycles. The second kappa shape index (κ2) is 9.04. The molecule has 1 saturated carbocycles. The Morgan fingerprint density at radius 2 is 1.78 bits per heavy atom. The zero-order chi connectivity index (χ0) is 25.8. The summed E-state index contributed by atoms with van der Waals surface area (Å²) >= 11 is 12.8. The van der Waals surface area contributed by atoms with Crippen LogP contribution < -0.4 is 9.92 Å². The van der Waals surface area contributed by atoms with E-state index < -0.39 is 20.9 Å². The summed E-state index contributed by atoms with van der Waals surface area (Å²) in [5.41, 5.74) is 8.75. The van der Waals surface area contributed by atoms with Gasteiger partial charge in [0.05, 0.1) is 5.25 Å². The van der Waals surface area contributed by atoms with E-state index in [9.17, 15) is 8.42 Å². The predicted octanol–water partition coefficient (Wildman–Crippen LogP) is 5.21. The van der Waals surface area contributed by atoms with Crippen LogP contribution in [0.25, 0.3) is 11.1 Å². The molecule has 0 amide bonds. The molecule has 3 aliphatic rings. The molecular weight excluding hydrogens is 531 g/mol. The van der Waals surface area contributed by atoms with Crippen LogP contribution >= 0.6 is 23.2 Å². The maximum atomic E-state index is 12.3. The van der Waals surface area contributed by atoms with E-state index in [4.69, 9.17) is 43.1 Å². The summed E-state index contributed by atoms with van der Waals surface area (Å²) in [6.45, 7) is 1.38. The summed E-state index contributed by atoms with van der Waals surface area (Å²) in [4.78, 5) is 11.8. The first kappa shape index (κ1) is 24.3. The highest BCUT2D eigenvalue weighted by atomic mass is 35.5. The second-order valence-electron chi connectivity index (χ2n) is 9.40. The predicted molar refractivity (Wildman–Crippen MR) is 147 cm³/mol. The van der Waals surface area contributed by atoms with Gasteiger partial charge >= 0.3 is 10.1 Å². The highest BCUT2D eigenvalue weighted by molar-refractivity contribution is 7.88. The number of fused-ring (bicyclic) bond motifs is 1. The van der Waals surface area contributed by atoms with Gasteiger partial charge in [-0.15, -0.1) is 0 Å². The second-order valence-corrected chi connectivity index (χ2v) is 12.1. The fourth-order valence-electron chi connectivity index (χ4n) is 4.92. The fourth-order valence-corrected chi connectivity index (χ4v) is 6.54. The third-order valence-corrected chi connectivity index (χ3v) is 9.15. The van der Waals surface area contributed by atoms with E-state index >= 15 is 0 Å². The Morgan fingerprint density at radius 3 is 2.54 bits per heavy atom. The zero-order valence-corrected chi connectivity index (χ0v) is 22.1. The van der Waals surface area contributed by atoms with E-state index in [-0.39, 0.29) is 5.75 Å². The normalized spacial score (nSPS) is 21.3. The van der Waals surface area contributed by atoms with Gasteiger partial charge in [0.1, 0.15) is 11.6 Å². The van der Waals surface area contributed by atoms with Crippen LogP contribution in [0.3, 0.4) is 0 Å². The number of rotatable bonds is 6. The summed E-state index contributed by atoms with van der Waals surface area (Å²) in [7, 11) is -3.61. The quantitative estimate of drug-likeness (QED) is 0.422. The average molecular weight is 555 g/mol. The molecule has 190 valence electrons. The Morgan fingerprint density at radius 1 is 1.00 bits per heavy atom. The first-order chi connectivity index (χ1) is 17.8. The van der Waals surface area contributed by atoms with Gasteiger partial charge in [-0.05, 0) is 72.4 Å². The van der Waals surface area contributed by atoms with Crippen LogP contribution in [-0.2, 0) is 15.7 Å². The van der Waals surface area contributed by atoms with Gasteiger partial charge in [-0.2, -0.15) is 8.42 Å². The molecule has 1 fully saturated rings. The molecule has 1 aliphatic carbocycles. The molecule has 10 heteroatoms. The molecule has 0 bridgehead atoms. The van der Waals surface area contributed by atoms with E-state index in [1.165, 1.54) is 0 Å². The Bertz CT molecular complexity index is 1550. The largest absolute Gasteiger partial charge is 0.382 e. The van der Waals surface area contributed by atoms with Crippen LogP contribution in [0, 0.1) is 0 Å². The lowest BCUT2D eigenvalue weighted by atomic mass is 9.81. The molecule has 6 rings (SSSR count). The van der Waals surface area contributed by atoms with Crippen LogP contribution in [0.1, 0.15) is 30.4 Å². The van der Waals surface area contributed by atoms with E-state index in [2.05, 4.69) is 0 Å². The van der Waals surface area contributed by atoms with Crippen molar-refractivity contribution in [2.45, 2.75) is 30.1 Å². The molecule has 0 saturated heterocycles. The molecule has 0 radical (unpaired) electrons. The molecular formula is C27H24Cl2N4O3S. The van der Waals surface area contributed by atoms with Gasteiger partial charge in [0, 0.05) is 28.7 Å². The highest BCUT2D eigenvalue weighted by Gasteiger charge is 2.49. The minimum atomic E-state index is -3.61. The monoisotopic (exact) mass is 554 g/mol. The summed E-state index contributed by atoms with van der Waals surface area (Å²) in [6.07, 6.45) is 2.15. The fraction of sp³-hybridized carbons (Fsp3) is 0.259. The molecule has 1 unspecified atom stereocenters. The van der Waals surface area contributed by atoms with Gasteiger partial charge in [-0.25, -0.2) is 4.99 Å². The van der Waals surface area contributed by atoms with Gasteiger partial charge in [0.2, 0.25) is 0 Å². The van der Waals surface area contributed by atoms with E-state index in [0.717, 1.165) is 41.1 Å². The van der Waals surface area contributed by atoms with Gasteiger partial charge in [0.15, 0.2) is 11.5 Å². The van der Waals surface area contributed by atoms with Crippen molar-refractivity contribution in [1.82, 2.24) is 4.90 Å². The summed E-state index contributed by atoms with van der Waals surface area (Å²) in [6, 6.07) is 20.3. The zero-order valence-electron chi connectivity index (χ0n) is 19.8. The summed E-state index contributed by atoms with van der Waals surface area (Å²) in [5, 5.41) is 0.756. The number of halogens is 2. The Balaban J connectivity index is 1.48. The van der Waals surface area contributed by atoms with E-state index in [1.54, 1.807) is 24.3 Å². The smallest absolute Gasteiger partial charge is 0.312 e. The van der Waals surface area contributed by atoms with E-state index in [0.29, 0.717) is 35.4 Å². The molecule has 7 nitrogen and oxygen atoms in total. The number of amidine groups is 1. The highest BCUT2D eigenvalue weighted by Crippen LogP contribution is 2.44. The first-order valence-electron chi connectivity index (χ1n) is 12.1. The first-order valence-corrected chi connectivity index (χ1v) is 14.3. The van der Waals surface area contributed by atoms with Crippen molar-refractivity contribution in [2.75, 3.05) is 13.1 Å². The third kappa shape index (κ3) is 4.27. The minimum Gasteiger partial charge on any atom is -0.382 e. The number of aliphatic imine (C=N–C) groups is 2. The molecule has 1 atom stereocenters. The number of nitrogens with two attached hydrogens (primary N) is 1. The van der Waals surface area contributed by atoms with Crippen molar-refractivity contribution < 1.29 is 12.6 Å².